The van der Waals surface area contributed by atoms with Gasteiger partial charge in [0, 0.05) is 24.5 Å². The molecular weight excluding hydrogens is 757 g/mol. The van der Waals surface area contributed by atoms with Gasteiger partial charge in [0.15, 0.2) is 0 Å². The van der Waals surface area contributed by atoms with Crippen LogP contribution in [0.1, 0.15) is 69.2 Å². The van der Waals surface area contributed by atoms with E-state index in [1.54, 1.807) is 57.4 Å². The number of carbonyl (C=O) groups excluding carboxylic acids is 4. The van der Waals surface area contributed by atoms with Gasteiger partial charge >= 0.3 is 29.8 Å². The number of aliphatic carboxylic acids is 2. The van der Waals surface area contributed by atoms with Gasteiger partial charge in [0.1, 0.15) is 0 Å². The van der Waals surface area contributed by atoms with Crippen LogP contribution in [0.25, 0.3) is 0 Å². The summed E-state index contributed by atoms with van der Waals surface area (Å²) < 4.78 is 14.7. The van der Waals surface area contributed by atoms with Gasteiger partial charge in [0.25, 0.3) is 0 Å². The lowest BCUT2D eigenvalue weighted by molar-refractivity contribution is -0.166. The molecule has 3 unspecified atom stereocenters. The number of ether oxygens (including phenoxy) is 3. The highest BCUT2D eigenvalue weighted by Crippen LogP contribution is 2.49. The molecule has 0 radical (unpaired) electrons. The molecule has 0 fully saturated rings. The first-order valence-corrected chi connectivity index (χ1v) is 18.9. The molecule has 1 aliphatic rings. The van der Waals surface area contributed by atoms with E-state index in [0.717, 1.165) is 33.6 Å². The predicted molar refractivity (Wildman–Crippen MR) is 216 cm³/mol. The van der Waals surface area contributed by atoms with Crippen molar-refractivity contribution in [2.45, 2.75) is 64.1 Å². The highest BCUT2D eigenvalue weighted by molar-refractivity contribution is 6.13. The molecule has 304 valence electrons. The minimum Gasteiger partial charge on any atom is -0.478 e. The monoisotopic (exact) mass is 800 g/mol. The number of hydrogen-bond acceptors (Lipinski definition) is 10. The molecule has 0 spiro atoms. The Morgan fingerprint density at radius 1 is 0.695 bits per heavy atom. The molecule has 2 heterocycles. The molecule has 0 saturated heterocycles. The van der Waals surface area contributed by atoms with Crippen molar-refractivity contribution in [3.8, 4) is 0 Å². The van der Waals surface area contributed by atoms with Crippen LogP contribution in [0.5, 0.6) is 0 Å². The summed E-state index contributed by atoms with van der Waals surface area (Å²) in [7, 11) is 0. The van der Waals surface area contributed by atoms with E-state index in [1.807, 2.05) is 71.6 Å². The van der Waals surface area contributed by atoms with E-state index in [2.05, 4.69) is 4.98 Å². The van der Waals surface area contributed by atoms with Gasteiger partial charge in [0.05, 0.1) is 28.8 Å². The van der Waals surface area contributed by atoms with E-state index in [-0.39, 0.29) is 23.0 Å². The first-order valence-electron chi connectivity index (χ1n) is 18.9. The minimum atomic E-state index is -2.22. The Hall–Kier alpha value is -7.15. The third-order valence-electron chi connectivity index (χ3n) is 9.64. The minimum absolute atomic E-state index is 0.0332. The van der Waals surface area contributed by atoms with Crippen molar-refractivity contribution in [2.75, 3.05) is 11.5 Å². The molecule has 3 atom stereocenters. The molecule has 6 rings (SSSR count). The third kappa shape index (κ3) is 10.6. The fourth-order valence-electron chi connectivity index (χ4n) is 6.69. The summed E-state index contributed by atoms with van der Waals surface area (Å²) in [4.78, 5) is 79.3. The highest BCUT2D eigenvalue weighted by Gasteiger charge is 2.50. The van der Waals surface area contributed by atoms with Crippen LogP contribution in [0.4, 0.5) is 11.4 Å². The van der Waals surface area contributed by atoms with E-state index in [1.165, 1.54) is 24.3 Å². The zero-order valence-electron chi connectivity index (χ0n) is 32.8. The van der Waals surface area contributed by atoms with Gasteiger partial charge in [0.2, 0.25) is 18.1 Å². The molecule has 0 bridgehead atoms. The third-order valence-corrected chi connectivity index (χ3v) is 9.64. The number of para-hydroxylation sites is 2. The number of amides is 1. The first kappa shape index (κ1) is 43.0. The number of carboxylic acid groups (broad SMARTS) is 2. The number of benzene rings is 4. The summed E-state index contributed by atoms with van der Waals surface area (Å²) in [5, 5.41) is 18.6. The van der Waals surface area contributed by atoms with Crippen molar-refractivity contribution in [1.82, 2.24) is 4.98 Å². The number of pyridine rings is 1. The fourth-order valence-corrected chi connectivity index (χ4v) is 6.69. The van der Waals surface area contributed by atoms with Gasteiger partial charge < -0.3 is 24.4 Å². The molecule has 1 aliphatic heterocycles. The van der Waals surface area contributed by atoms with Gasteiger partial charge in [-0.1, -0.05) is 71.8 Å². The van der Waals surface area contributed by atoms with Crippen LogP contribution in [-0.2, 0) is 45.2 Å². The smallest absolute Gasteiger partial charge is 0.349 e. The van der Waals surface area contributed by atoms with Crippen LogP contribution >= 0.6 is 0 Å². The Labute approximate surface area is 341 Å². The number of aryl methyl sites for hydroxylation is 2. The van der Waals surface area contributed by atoms with Gasteiger partial charge in [-0.25, -0.2) is 19.2 Å². The van der Waals surface area contributed by atoms with Crippen LogP contribution in [0.2, 0.25) is 0 Å². The molecule has 5 aromatic rings. The largest absolute Gasteiger partial charge is 0.478 e. The average Bonchev–Trinajstić information content (AvgIpc) is 3.46. The van der Waals surface area contributed by atoms with Crippen LogP contribution < -0.4 is 4.90 Å². The number of rotatable bonds is 15. The van der Waals surface area contributed by atoms with Crippen LogP contribution in [0.15, 0.2) is 128 Å². The lowest BCUT2D eigenvalue weighted by Gasteiger charge is -2.29. The zero-order chi connectivity index (χ0) is 42.5. The van der Waals surface area contributed by atoms with E-state index in [4.69, 9.17) is 14.2 Å². The van der Waals surface area contributed by atoms with Crippen molar-refractivity contribution in [2.24, 2.45) is 0 Å². The number of carboxylic acids is 2. The SMILES string of the molecule is CCOC(=O)CCCC1(Cc2ccncc2)C(=O)N(c2ccccc2)c2ccccc21.Cc1ccc(C(=O)OC(C(=O)O)C(OC(=O)c2ccc(C)cc2)C(=O)O)cc1. The Kier molecular flexibility index (Phi) is 14.4. The van der Waals surface area contributed by atoms with E-state index in [9.17, 15) is 39.0 Å². The second kappa shape index (κ2) is 19.8. The van der Waals surface area contributed by atoms with Gasteiger partial charge in [-0.05, 0) is 106 Å². The summed E-state index contributed by atoms with van der Waals surface area (Å²) in [5.41, 5.74) is 4.85. The number of nitrogens with zero attached hydrogens (tertiary/aromatic N) is 2. The Morgan fingerprint density at radius 3 is 1.71 bits per heavy atom. The van der Waals surface area contributed by atoms with Gasteiger partial charge in [-0.2, -0.15) is 0 Å². The van der Waals surface area contributed by atoms with E-state index >= 15 is 0 Å². The van der Waals surface area contributed by atoms with Crippen LogP contribution in [0, 0.1) is 13.8 Å². The second-order valence-electron chi connectivity index (χ2n) is 13.8. The molecule has 13 heteroatoms. The quantitative estimate of drug-likeness (QED) is 0.0803. The van der Waals surface area contributed by atoms with Crippen LogP contribution in [0.3, 0.4) is 0 Å². The van der Waals surface area contributed by atoms with Crippen molar-refractivity contribution in [3.05, 3.63) is 161 Å². The lowest BCUT2D eigenvalue weighted by atomic mass is 9.73. The average molecular weight is 801 g/mol. The molecule has 1 amide bonds. The number of carbonyl (C=O) groups is 6. The Bertz CT molecular complexity index is 2190. The summed E-state index contributed by atoms with van der Waals surface area (Å²) in [6.07, 6.45) is 1.05. The topological polar surface area (TPSA) is 187 Å². The molecule has 1 aromatic heterocycles. The number of hydrogen-bond donors (Lipinski definition) is 2. The molecule has 0 saturated carbocycles. The number of fused-ring (bicyclic) bond motifs is 1. The maximum Gasteiger partial charge on any atom is 0.349 e. The second-order valence-corrected chi connectivity index (χ2v) is 13.8. The van der Waals surface area contributed by atoms with Gasteiger partial charge in [-0.15, -0.1) is 0 Å². The summed E-state index contributed by atoms with van der Waals surface area (Å²) in [5.74, 6) is -5.80. The molecule has 4 aromatic carbocycles. The molecule has 59 heavy (non-hydrogen) atoms. The summed E-state index contributed by atoms with van der Waals surface area (Å²) in [6.45, 7) is 5.75. The Balaban J connectivity index is 0.000000226. The van der Waals surface area contributed by atoms with Gasteiger partial charge in [-0.3, -0.25) is 19.5 Å². The molecular formula is C46H44N2O11. The molecule has 2 N–H and O–H groups in total. The van der Waals surface area contributed by atoms with Crippen molar-refractivity contribution in [1.29, 1.82) is 0 Å². The maximum absolute atomic E-state index is 14.1. The summed E-state index contributed by atoms with van der Waals surface area (Å²) in [6, 6.07) is 33.7. The van der Waals surface area contributed by atoms with Crippen molar-refractivity contribution in [3.63, 3.8) is 0 Å². The zero-order valence-corrected chi connectivity index (χ0v) is 32.8. The number of esters is 3. The van der Waals surface area contributed by atoms with Crippen molar-refractivity contribution < 1.29 is 53.2 Å². The number of aromatic nitrogens is 1. The lowest BCUT2D eigenvalue weighted by Crippen LogP contribution is -2.45. The standard InChI is InChI=1S/C26H26N2O3.C20H18O8/c1-2-31-24(29)13-8-16-26(19-20-14-17-27-18-15-20)22-11-6-7-12-23(22)28(25(26)30)21-9-4-3-5-10-21;1-11-3-7-13(8-4-11)19(25)27-15(17(21)22)16(18(23)24)28-20(26)14-9-5-12(2)6-10-14/h3-7,9-12,14-15,17-18H,2,8,13,16,19H2,1H3;3-10,15-16H,1-2H3,(H,21,22)(H,23,24). The first-order chi connectivity index (χ1) is 28.3. The highest BCUT2D eigenvalue weighted by atomic mass is 16.6. The maximum atomic E-state index is 14.1. The molecule has 0 aliphatic carbocycles. The number of anilines is 2. The fraction of sp³-hybridized carbons (Fsp3) is 0.239. The van der Waals surface area contributed by atoms with Crippen LogP contribution in [-0.4, -0.2) is 69.8 Å². The van der Waals surface area contributed by atoms with Crippen molar-refractivity contribution >= 4 is 47.1 Å². The summed E-state index contributed by atoms with van der Waals surface area (Å²) >= 11 is 0. The molecule has 13 nitrogen and oxygen atoms in total. The van der Waals surface area contributed by atoms with E-state index < -0.39 is 41.5 Å². The normalized spacial score (nSPS) is 15.1. The Morgan fingerprint density at radius 2 is 1.20 bits per heavy atom. The predicted octanol–water partition coefficient (Wildman–Crippen LogP) is 7.20. The van der Waals surface area contributed by atoms with E-state index in [0.29, 0.717) is 32.3 Å².